The van der Waals surface area contributed by atoms with Crippen LogP contribution in [0.1, 0.15) is 15.9 Å². The van der Waals surface area contributed by atoms with Crippen molar-refractivity contribution in [2.24, 2.45) is 7.05 Å². The van der Waals surface area contributed by atoms with E-state index in [1.165, 1.54) is 6.33 Å². The van der Waals surface area contributed by atoms with Crippen LogP contribution in [0.4, 0.5) is 5.82 Å². The maximum Gasteiger partial charge on any atom is 0.195 e. The smallest absolute Gasteiger partial charge is 0.195 e. The summed E-state index contributed by atoms with van der Waals surface area (Å²) >= 11 is 0. The Hall–Kier alpha value is -2.69. The van der Waals surface area contributed by atoms with Crippen LogP contribution in [0.15, 0.2) is 42.9 Å². The molecule has 94 valence electrons. The Labute approximate surface area is 109 Å². The zero-order chi connectivity index (χ0) is 13.4. The Morgan fingerprint density at radius 1 is 1.21 bits per heavy atom. The number of rotatable bonds is 2. The first-order valence-electron chi connectivity index (χ1n) is 5.83. The van der Waals surface area contributed by atoms with E-state index in [1.54, 1.807) is 22.9 Å². The molecule has 0 bridgehead atoms. The summed E-state index contributed by atoms with van der Waals surface area (Å²) in [6.07, 6.45) is 3.14. The number of benzene rings is 1. The van der Waals surface area contributed by atoms with E-state index in [2.05, 4.69) is 9.97 Å². The van der Waals surface area contributed by atoms with Crippen LogP contribution < -0.4 is 5.73 Å². The molecule has 0 saturated carbocycles. The topological polar surface area (TPSA) is 73.8 Å². The Morgan fingerprint density at radius 3 is 2.68 bits per heavy atom. The number of fused-ring (bicyclic) bond motifs is 1. The van der Waals surface area contributed by atoms with Gasteiger partial charge in [-0.05, 0) is 0 Å². The Balaban J connectivity index is 2.24. The highest BCUT2D eigenvalue weighted by atomic mass is 16.1. The van der Waals surface area contributed by atoms with E-state index < -0.39 is 0 Å². The maximum atomic E-state index is 12.5. The number of aromatic nitrogens is 3. The molecule has 2 N–H and O–H groups in total. The van der Waals surface area contributed by atoms with Gasteiger partial charge in [0.2, 0.25) is 0 Å². The number of aryl methyl sites for hydroxylation is 1. The number of carbonyl (C=O) groups is 1. The Kier molecular flexibility index (Phi) is 2.52. The van der Waals surface area contributed by atoms with Crippen molar-refractivity contribution < 1.29 is 4.79 Å². The van der Waals surface area contributed by atoms with E-state index in [-0.39, 0.29) is 5.78 Å². The largest absolute Gasteiger partial charge is 0.383 e. The molecule has 2 heterocycles. The van der Waals surface area contributed by atoms with Gasteiger partial charge in [-0.3, -0.25) is 4.79 Å². The lowest BCUT2D eigenvalue weighted by molar-refractivity contribution is 0.104. The minimum absolute atomic E-state index is 0.0762. The van der Waals surface area contributed by atoms with Crippen molar-refractivity contribution in [3.8, 4) is 0 Å². The molecule has 5 nitrogen and oxygen atoms in total. The van der Waals surface area contributed by atoms with Gasteiger partial charge in [0.05, 0.1) is 10.9 Å². The molecular formula is C14H12N4O. The average molecular weight is 252 g/mol. The zero-order valence-corrected chi connectivity index (χ0v) is 10.4. The second-order valence-electron chi connectivity index (χ2n) is 4.31. The lowest BCUT2D eigenvalue weighted by Gasteiger charge is -2.00. The summed E-state index contributed by atoms with van der Waals surface area (Å²) in [5.41, 5.74) is 7.68. The molecule has 0 radical (unpaired) electrons. The van der Waals surface area contributed by atoms with Gasteiger partial charge in [0.15, 0.2) is 5.78 Å². The van der Waals surface area contributed by atoms with Crippen LogP contribution in [-0.2, 0) is 7.05 Å². The quantitative estimate of drug-likeness (QED) is 0.705. The maximum absolute atomic E-state index is 12.5. The van der Waals surface area contributed by atoms with Crippen LogP contribution in [-0.4, -0.2) is 20.3 Å². The van der Waals surface area contributed by atoms with Crippen LogP contribution in [0, 0.1) is 0 Å². The Morgan fingerprint density at radius 2 is 1.95 bits per heavy atom. The predicted molar refractivity (Wildman–Crippen MR) is 72.8 cm³/mol. The van der Waals surface area contributed by atoms with Gasteiger partial charge in [-0.2, -0.15) is 0 Å². The SMILES string of the molecule is Cn1cc(C(=O)c2ccccc2)c2c(N)ncnc21. The molecular weight excluding hydrogens is 240 g/mol. The highest BCUT2D eigenvalue weighted by molar-refractivity contribution is 6.17. The lowest BCUT2D eigenvalue weighted by atomic mass is 10.0. The van der Waals surface area contributed by atoms with Crippen molar-refractivity contribution in [1.82, 2.24) is 14.5 Å². The standard InChI is InChI=1S/C14H12N4O/c1-18-7-10(11-13(15)16-8-17-14(11)18)12(19)9-5-3-2-4-6-9/h2-8H,1H3,(H2,15,16,17). The summed E-state index contributed by atoms with van der Waals surface area (Å²) in [6.45, 7) is 0. The van der Waals surface area contributed by atoms with E-state index in [4.69, 9.17) is 5.73 Å². The van der Waals surface area contributed by atoms with Crippen molar-refractivity contribution in [1.29, 1.82) is 0 Å². The third-order valence-electron chi connectivity index (χ3n) is 3.06. The van der Waals surface area contributed by atoms with E-state index in [0.717, 1.165) is 0 Å². The number of carbonyl (C=O) groups excluding carboxylic acids is 1. The molecule has 2 aromatic heterocycles. The molecule has 1 aromatic carbocycles. The zero-order valence-electron chi connectivity index (χ0n) is 10.4. The Bertz CT molecular complexity index is 762. The van der Waals surface area contributed by atoms with Crippen LogP contribution in [0.2, 0.25) is 0 Å². The molecule has 0 unspecified atom stereocenters. The summed E-state index contributed by atoms with van der Waals surface area (Å²) in [6, 6.07) is 9.09. The molecule has 0 fully saturated rings. The number of hydrogen-bond acceptors (Lipinski definition) is 4. The molecule has 19 heavy (non-hydrogen) atoms. The third-order valence-corrected chi connectivity index (χ3v) is 3.06. The second kappa shape index (κ2) is 4.20. The fourth-order valence-electron chi connectivity index (χ4n) is 2.15. The number of nitrogen functional groups attached to an aromatic ring is 1. The number of nitrogens with zero attached hydrogens (tertiary/aromatic N) is 3. The van der Waals surface area contributed by atoms with Crippen molar-refractivity contribution in [3.05, 3.63) is 54.0 Å². The molecule has 0 aliphatic rings. The predicted octanol–water partition coefficient (Wildman–Crippen LogP) is 1.78. The van der Waals surface area contributed by atoms with Crippen molar-refractivity contribution in [2.45, 2.75) is 0 Å². The highest BCUT2D eigenvalue weighted by Crippen LogP contribution is 2.25. The van der Waals surface area contributed by atoms with Crippen molar-refractivity contribution >= 4 is 22.6 Å². The number of nitrogens with two attached hydrogens (primary N) is 1. The van der Waals surface area contributed by atoms with Crippen LogP contribution in [0.5, 0.6) is 0 Å². The molecule has 0 amide bonds. The summed E-state index contributed by atoms with van der Waals surface area (Å²) in [7, 11) is 1.83. The minimum Gasteiger partial charge on any atom is -0.383 e. The van der Waals surface area contributed by atoms with Gasteiger partial charge in [-0.1, -0.05) is 30.3 Å². The monoisotopic (exact) mass is 252 g/mol. The van der Waals surface area contributed by atoms with Crippen LogP contribution in [0.3, 0.4) is 0 Å². The molecule has 0 aliphatic carbocycles. The minimum atomic E-state index is -0.0762. The van der Waals surface area contributed by atoms with Gasteiger partial charge < -0.3 is 10.3 Å². The first kappa shape index (κ1) is 11.4. The molecule has 0 saturated heterocycles. The molecule has 0 atom stereocenters. The summed E-state index contributed by atoms with van der Waals surface area (Å²) in [4.78, 5) is 20.6. The van der Waals surface area contributed by atoms with Gasteiger partial charge in [0.1, 0.15) is 17.8 Å². The summed E-state index contributed by atoms with van der Waals surface area (Å²) in [5.74, 6) is 0.248. The molecule has 5 heteroatoms. The fourth-order valence-corrected chi connectivity index (χ4v) is 2.15. The fraction of sp³-hybridized carbons (Fsp3) is 0.0714. The first-order valence-corrected chi connectivity index (χ1v) is 5.83. The summed E-state index contributed by atoms with van der Waals surface area (Å²) < 4.78 is 1.78. The van der Waals surface area contributed by atoms with E-state index >= 15 is 0 Å². The normalized spacial score (nSPS) is 10.8. The van der Waals surface area contributed by atoms with Crippen molar-refractivity contribution in [3.63, 3.8) is 0 Å². The van der Waals surface area contributed by atoms with Gasteiger partial charge in [-0.25, -0.2) is 9.97 Å². The van der Waals surface area contributed by atoms with Gasteiger partial charge in [-0.15, -0.1) is 0 Å². The lowest BCUT2D eigenvalue weighted by Crippen LogP contribution is -2.02. The third kappa shape index (κ3) is 1.76. The highest BCUT2D eigenvalue weighted by Gasteiger charge is 2.18. The number of hydrogen-bond donors (Lipinski definition) is 1. The second-order valence-corrected chi connectivity index (χ2v) is 4.31. The van der Waals surface area contributed by atoms with E-state index in [9.17, 15) is 4.79 Å². The number of ketones is 1. The average Bonchev–Trinajstić information content (AvgIpc) is 2.78. The molecule has 0 aliphatic heterocycles. The van der Waals surface area contributed by atoms with Crippen LogP contribution >= 0.6 is 0 Å². The van der Waals surface area contributed by atoms with Crippen molar-refractivity contribution in [2.75, 3.05) is 5.73 Å². The molecule has 0 spiro atoms. The van der Waals surface area contributed by atoms with Gasteiger partial charge >= 0.3 is 0 Å². The van der Waals surface area contributed by atoms with Gasteiger partial charge in [0, 0.05) is 18.8 Å². The van der Waals surface area contributed by atoms with Gasteiger partial charge in [0.25, 0.3) is 0 Å². The molecule has 3 aromatic rings. The summed E-state index contributed by atoms with van der Waals surface area (Å²) in [5, 5.41) is 0.610. The van der Waals surface area contributed by atoms with E-state index in [1.807, 2.05) is 25.2 Å². The van der Waals surface area contributed by atoms with E-state index in [0.29, 0.717) is 28.0 Å². The number of anilines is 1. The first-order chi connectivity index (χ1) is 9.18. The van der Waals surface area contributed by atoms with Crippen LogP contribution in [0.25, 0.3) is 11.0 Å². The molecule has 3 rings (SSSR count).